The molecule has 0 bridgehead atoms. The average Bonchev–Trinajstić information content (AvgIpc) is 3.24. The van der Waals surface area contributed by atoms with Crippen LogP contribution in [-0.2, 0) is 10.0 Å². The topological polar surface area (TPSA) is 110 Å². The van der Waals surface area contributed by atoms with Crippen LogP contribution in [0.2, 0.25) is 0 Å². The van der Waals surface area contributed by atoms with E-state index in [1.807, 2.05) is 31.1 Å². The van der Waals surface area contributed by atoms with Crippen molar-refractivity contribution in [3.8, 4) is 0 Å². The Morgan fingerprint density at radius 1 is 1.14 bits per heavy atom. The minimum Gasteiger partial charge on any atom is -0.361 e. The second-order valence-corrected chi connectivity index (χ2v) is 9.12. The molecule has 10 nitrogen and oxygen atoms in total. The normalized spacial score (nSPS) is 16.7. The van der Waals surface area contributed by atoms with Gasteiger partial charge < -0.3 is 9.42 Å². The van der Waals surface area contributed by atoms with E-state index in [0.29, 0.717) is 43.0 Å². The molecule has 1 fully saturated rings. The second-order valence-electron chi connectivity index (χ2n) is 7.25. The van der Waals surface area contributed by atoms with Crippen molar-refractivity contribution in [3.05, 3.63) is 29.4 Å². The van der Waals surface area contributed by atoms with E-state index in [1.165, 1.54) is 4.31 Å². The molecule has 1 aliphatic rings. The zero-order valence-electron chi connectivity index (χ0n) is 16.3. The minimum atomic E-state index is -3.62. The zero-order valence-corrected chi connectivity index (χ0v) is 17.1. The van der Waals surface area contributed by atoms with Gasteiger partial charge in [0.1, 0.15) is 16.4 Å². The lowest BCUT2D eigenvalue weighted by atomic mass is 9.97. The predicted octanol–water partition coefficient (Wildman–Crippen LogP) is 1.36. The molecule has 0 aliphatic carbocycles. The third-order valence-electron chi connectivity index (χ3n) is 5.12. The van der Waals surface area contributed by atoms with Crippen molar-refractivity contribution < 1.29 is 12.9 Å². The molecule has 3 aromatic heterocycles. The SMILES string of the molecule is Cc1noc(C)c1S(=O)(=O)N1CCC(c2nnc3ccc(N(C)C)nn23)CC1. The van der Waals surface area contributed by atoms with Crippen molar-refractivity contribution in [1.82, 2.24) is 29.3 Å². The first-order valence-corrected chi connectivity index (χ1v) is 10.6. The van der Waals surface area contributed by atoms with E-state index in [1.54, 1.807) is 18.4 Å². The van der Waals surface area contributed by atoms with E-state index >= 15 is 0 Å². The van der Waals surface area contributed by atoms with Gasteiger partial charge in [0.15, 0.2) is 17.2 Å². The van der Waals surface area contributed by atoms with Crippen molar-refractivity contribution >= 4 is 21.5 Å². The van der Waals surface area contributed by atoms with Gasteiger partial charge in [-0.3, -0.25) is 0 Å². The van der Waals surface area contributed by atoms with Gasteiger partial charge in [-0.15, -0.1) is 15.3 Å². The Morgan fingerprint density at radius 2 is 1.86 bits per heavy atom. The molecule has 150 valence electrons. The summed E-state index contributed by atoms with van der Waals surface area (Å²) >= 11 is 0. The summed E-state index contributed by atoms with van der Waals surface area (Å²) in [6, 6.07) is 3.78. The number of hydrogen-bond acceptors (Lipinski definition) is 8. The fourth-order valence-corrected chi connectivity index (χ4v) is 5.38. The van der Waals surface area contributed by atoms with Crippen LogP contribution in [0.4, 0.5) is 5.82 Å². The van der Waals surface area contributed by atoms with Crippen LogP contribution in [0.25, 0.3) is 5.65 Å². The molecule has 0 atom stereocenters. The molecule has 4 heterocycles. The van der Waals surface area contributed by atoms with Gasteiger partial charge in [-0.25, -0.2) is 8.42 Å². The summed E-state index contributed by atoms with van der Waals surface area (Å²) in [5.41, 5.74) is 1.08. The molecule has 1 aliphatic heterocycles. The number of rotatable bonds is 4. The van der Waals surface area contributed by atoms with E-state index < -0.39 is 10.0 Å². The summed E-state index contributed by atoms with van der Waals surface area (Å²) in [7, 11) is 0.233. The molecule has 0 unspecified atom stereocenters. The number of sulfonamides is 1. The first-order valence-electron chi connectivity index (χ1n) is 9.11. The summed E-state index contributed by atoms with van der Waals surface area (Å²) in [5.74, 6) is 2.00. The lowest BCUT2D eigenvalue weighted by Gasteiger charge is -2.30. The van der Waals surface area contributed by atoms with Crippen LogP contribution in [0.1, 0.15) is 36.0 Å². The Morgan fingerprint density at radius 3 is 2.46 bits per heavy atom. The van der Waals surface area contributed by atoms with Crippen molar-refractivity contribution in [2.24, 2.45) is 0 Å². The van der Waals surface area contributed by atoms with E-state index in [-0.39, 0.29) is 10.8 Å². The number of piperidine rings is 1. The van der Waals surface area contributed by atoms with Gasteiger partial charge in [-0.05, 0) is 38.8 Å². The highest BCUT2D eigenvalue weighted by Crippen LogP contribution is 2.31. The number of aryl methyl sites for hydroxylation is 2. The zero-order chi connectivity index (χ0) is 20.1. The summed E-state index contributed by atoms with van der Waals surface area (Å²) < 4.78 is 34.3. The number of anilines is 1. The maximum atomic E-state index is 13.0. The molecule has 4 rings (SSSR count). The van der Waals surface area contributed by atoms with Crippen molar-refractivity contribution in [2.45, 2.75) is 37.5 Å². The monoisotopic (exact) mass is 405 g/mol. The first kappa shape index (κ1) is 18.8. The quantitative estimate of drug-likeness (QED) is 0.640. The number of fused-ring (bicyclic) bond motifs is 1. The van der Waals surface area contributed by atoms with Gasteiger partial charge in [0.2, 0.25) is 10.0 Å². The van der Waals surface area contributed by atoms with Crippen LogP contribution in [0.5, 0.6) is 0 Å². The maximum Gasteiger partial charge on any atom is 0.248 e. The minimum absolute atomic E-state index is 0.0935. The van der Waals surface area contributed by atoms with Crippen LogP contribution < -0.4 is 4.90 Å². The molecule has 28 heavy (non-hydrogen) atoms. The molecule has 0 saturated carbocycles. The van der Waals surface area contributed by atoms with Gasteiger partial charge in [0.25, 0.3) is 0 Å². The highest BCUT2D eigenvalue weighted by atomic mass is 32.2. The molecule has 0 amide bonds. The van der Waals surface area contributed by atoms with E-state index in [2.05, 4.69) is 20.5 Å². The van der Waals surface area contributed by atoms with Crippen molar-refractivity contribution in [1.29, 1.82) is 0 Å². The number of hydrogen-bond donors (Lipinski definition) is 0. The first-order chi connectivity index (χ1) is 13.3. The predicted molar refractivity (Wildman–Crippen MR) is 102 cm³/mol. The molecule has 0 radical (unpaired) electrons. The largest absolute Gasteiger partial charge is 0.361 e. The van der Waals surface area contributed by atoms with Gasteiger partial charge in [-0.2, -0.15) is 8.82 Å². The van der Waals surface area contributed by atoms with E-state index in [9.17, 15) is 8.42 Å². The molecular formula is C17H23N7O3S. The molecule has 0 aromatic carbocycles. The van der Waals surface area contributed by atoms with Crippen LogP contribution in [-0.4, -0.2) is 64.9 Å². The maximum absolute atomic E-state index is 13.0. The molecular weight excluding hydrogens is 382 g/mol. The Hall–Kier alpha value is -2.53. The Kier molecular flexibility index (Phi) is 4.58. The highest BCUT2D eigenvalue weighted by molar-refractivity contribution is 7.89. The van der Waals surface area contributed by atoms with Crippen LogP contribution >= 0.6 is 0 Å². The Bertz CT molecular complexity index is 1090. The number of nitrogens with zero attached hydrogens (tertiary/aromatic N) is 7. The molecule has 1 saturated heterocycles. The smallest absolute Gasteiger partial charge is 0.248 e. The van der Waals surface area contributed by atoms with Gasteiger partial charge >= 0.3 is 0 Å². The summed E-state index contributed by atoms with van der Waals surface area (Å²) in [4.78, 5) is 2.10. The molecule has 11 heteroatoms. The second kappa shape index (κ2) is 6.82. The lowest BCUT2D eigenvalue weighted by Crippen LogP contribution is -2.38. The van der Waals surface area contributed by atoms with Gasteiger partial charge in [0.05, 0.1) is 0 Å². The van der Waals surface area contributed by atoms with Crippen LogP contribution in [0.3, 0.4) is 0 Å². The van der Waals surface area contributed by atoms with E-state index in [4.69, 9.17) is 4.52 Å². The lowest BCUT2D eigenvalue weighted by molar-refractivity contribution is 0.310. The standard InChI is InChI=1S/C17H23N7O3S/c1-11-16(12(2)27-21-11)28(25,26)23-9-7-13(8-10-23)17-19-18-14-5-6-15(22(3)4)20-24(14)17/h5-6,13H,7-10H2,1-4H3. The fourth-order valence-electron chi connectivity index (χ4n) is 3.62. The summed E-state index contributed by atoms with van der Waals surface area (Å²) in [6.45, 7) is 4.07. The third-order valence-corrected chi connectivity index (χ3v) is 7.26. The molecule has 0 spiro atoms. The summed E-state index contributed by atoms with van der Waals surface area (Å²) in [5, 5.41) is 16.9. The fraction of sp³-hybridized carbons (Fsp3) is 0.529. The van der Waals surface area contributed by atoms with E-state index in [0.717, 1.165) is 11.6 Å². The van der Waals surface area contributed by atoms with Gasteiger partial charge in [-0.1, -0.05) is 5.16 Å². The number of aromatic nitrogens is 5. The molecule has 3 aromatic rings. The Balaban J connectivity index is 1.56. The Labute approximate surface area is 163 Å². The van der Waals surface area contributed by atoms with Crippen molar-refractivity contribution in [2.75, 3.05) is 32.1 Å². The molecule has 0 N–H and O–H groups in total. The third kappa shape index (κ3) is 3.04. The highest BCUT2D eigenvalue weighted by Gasteiger charge is 2.35. The van der Waals surface area contributed by atoms with Crippen LogP contribution in [0, 0.1) is 13.8 Å². The average molecular weight is 405 g/mol. The van der Waals surface area contributed by atoms with Gasteiger partial charge in [0, 0.05) is 33.1 Å². The van der Waals surface area contributed by atoms with Crippen LogP contribution in [0.15, 0.2) is 21.6 Å². The van der Waals surface area contributed by atoms with Crippen molar-refractivity contribution in [3.63, 3.8) is 0 Å². The summed E-state index contributed by atoms with van der Waals surface area (Å²) in [6.07, 6.45) is 1.30.